The fraction of sp³-hybridized carbons (Fsp3) is 0. The first-order valence-corrected chi connectivity index (χ1v) is 7.99. The van der Waals surface area contributed by atoms with Crippen LogP contribution in [0.1, 0.15) is 5.76 Å². The van der Waals surface area contributed by atoms with Crippen LogP contribution < -0.4 is 5.32 Å². The van der Waals surface area contributed by atoms with Crippen LogP contribution in [0.5, 0.6) is 0 Å². The summed E-state index contributed by atoms with van der Waals surface area (Å²) >= 11 is 5.98. The number of nitrogens with zero attached hydrogens (tertiary/aromatic N) is 1. The Kier molecular flexibility index (Phi) is 5.15. The second-order valence-corrected chi connectivity index (χ2v) is 5.69. The summed E-state index contributed by atoms with van der Waals surface area (Å²) in [5, 5.41) is 14.2. The van der Waals surface area contributed by atoms with Crippen LogP contribution in [0, 0.1) is 10.1 Å². The molecule has 0 aliphatic heterocycles. The highest BCUT2D eigenvalue weighted by Crippen LogP contribution is 2.31. The summed E-state index contributed by atoms with van der Waals surface area (Å²) in [7, 11) is 0. The normalized spacial score (nSPS) is 10.8. The minimum Gasteiger partial charge on any atom is -0.456 e. The quantitative estimate of drug-likeness (QED) is 0.383. The number of amides is 1. The summed E-state index contributed by atoms with van der Waals surface area (Å²) < 4.78 is 5.59. The van der Waals surface area contributed by atoms with E-state index in [0.717, 1.165) is 0 Å². The molecular formula is C19H13ClN2O4. The predicted octanol–water partition coefficient (Wildman–Crippen LogP) is 5.16. The van der Waals surface area contributed by atoms with E-state index in [1.165, 1.54) is 18.2 Å². The molecule has 130 valence electrons. The lowest BCUT2D eigenvalue weighted by atomic mass is 10.1. The van der Waals surface area contributed by atoms with Gasteiger partial charge < -0.3 is 9.73 Å². The van der Waals surface area contributed by atoms with Gasteiger partial charge in [-0.05, 0) is 36.4 Å². The van der Waals surface area contributed by atoms with Gasteiger partial charge in [-0.2, -0.15) is 0 Å². The average molecular weight is 369 g/mol. The molecule has 3 rings (SSSR count). The van der Waals surface area contributed by atoms with Crippen LogP contribution in [0.3, 0.4) is 0 Å². The fourth-order valence-corrected chi connectivity index (χ4v) is 2.51. The Hall–Kier alpha value is -3.38. The molecule has 1 heterocycles. The van der Waals surface area contributed by atoms with Crippen molar-refractivity contribution in [3.05, 3.63) is 87.6 Å². The third-order valence-corrected chi connectivity index (χ3v) is 3.85. The lowest BCUT2D eigenvalue weighted by Gasteiger charge is -2.03. The molecule has 0 fully saturated rings. The van der Waals surface area contributed by atoms with Gasteiger partial charge >= 0.3 is 0 Å². The minimum absolute atomic E-state index is 0.0474. The number of carbonyl (C=O) groups is 1. The van der Waals surface area contributed by atoms with Crippen LogP contribution in [-0.2, 0) is 4.79 Å². The second-order valence-electron chi connectivity index (χ2n) is 5.28. The van der Waals surface area contributed by atoms with Gasteiger partial charge in [0.25, 0.3) is 5.69 Å². The van der Waals surface area contributed by atoms with Crippen LogP contribution >= 0.6 is 11.6 Å². The molecule has 26 heavy (non-hydrogen) atoms. The van der Waals surface area contributed by atoms with E-state index in [0.29, 0.717) is 27.8 Å². The zero-order chi connectivity index (χ0) is 18.5. The molecule has 1 amide bonds. The largest absolute Gasteiger partial charge is 0.456 e. The second kappa shape index (κ2) is 7.67. The van der Waals surface area contributed by atoms with Crippen molar-refractivity contribution >= 4 is 35.0 Å². The SMILES string of the molecule is O=C(C=Cc1ccc(-c2ccccc2[N+](=O)[O-])o1)Nc1ccccc1Cl. The van der Waals surface area contributed by atoms with Gasteiger partial charge in [0, 0.05) is 12.1 Å². The Bertz CT molecular complexity index is 994. The van der Waals surface area contributed by atoms with Gasteiger partial charge in [-0.25, -0.2) is 0 Å². The number of furan rings is 1. The Morgan fingerprint density at radius 1 is 1.08 bits per heavy atom. The molecule has 0 saturated carbocycles. The standard InChI is InChI=1S/C19H13ClN2O4/c20-15-6-2-3-7-16(15)21-19(23)12-10-13-9-11-18(26-13)14-5-1-4-8-17(14)22(24)25/h1-12H,(H,21,23). The first-order chi connectivity index (χ1) is 12.5. The van der Waals surface area contributed by atoms with Gasteiger partial charge in [0.1, 0.15) is 11.5 Å². The number of halogens is 1. The number of hydrogen-bond donors (Lipinski definition) is 1. The molecule has 6 nitrogen and oxygen atoms in total. The molecule has 0 unspecified atom stereocenters. The molecule has 0 aliphatic carbocycles. The number of para-hydroxylation sites is 2. The zero-order valence-corrected chi connectivity index (χ0v) is 14.1. The van der Waals surface area contributed by atoms with Gasteiger partial charge in [0.05, 0.1) is 21.2 Å². The molecule has 1 N–H and O–H groups in total. The van der Waals surface area contributed by atoms with E-state index in [1.54, 1.807) is 54.6 Å². The smallest absolute Gasteiger partial charge is 0.280 e. The van der Waals surface area contributed by atoms with Gasteiger partial charge in [0.2, 0.25) is 5.91 Å². The maximum Gasteiger partial charge on any atom is 0.280 e. The Balaban J connectivity index is 1.75. The van der Waals surface area contributed by atoms with Crippen molar-refractivity contribution in [3.63, 3.8) is 0 Å². The lowest BCUT2D eigenvalue weighted by Crippen LogP contribution is -2.07. The summed E-state index contributed by atoms with van der Waals surface area (Å²) in [6, 6.07) is 16.4. The highest BCUT2D eigenvalue weighted by Gasteiger charge is 2.16. The summed E-state index contributed by atoms with van der Waals surface area (Å²) in [6.45, 7) is 0. The topological polar surface area (TPSA) is 85.4 Å². The van der Waals surface area contributed by atoms with Crippen molar-refractivity contribution in [1.29, 1.82) is 0 Å². The summed E-state index contributed by atoms with van der Waals surface area (Å²) in [6.07, 6.45) is 2.77. The number of nitro benzene ring substituents is 1. The van der Waals surface area contributed by atoms with E-state index in [4.69, 9.17) is 16.0 Å². The third kappa shape index (κ3) is 3.99. The van der Waals surface area contributed by atoms with Gasteiger partial charge in [-0.15, -0.1) is 0 Å². The molecule has 0 radical (unpaired) electrons. The van der Waals surface area contributed by atoms with Crippen molar-refractivity contribution in [2.45, 2.75) is 0 Å². The van der Waals surface area contributed by atoms with Crippen LogP contribution in [0.4, 0.5) is 11.4 Å². The number of anilines is 1. The highest BCUT2D eigenvalue weighted by atomic mass is 35.5. The number of nitro groups is 1. The van der Waals surface area contributed by atoms with E-state index in [1.807, 2.05) is 0 Å². The number of rotatable bonds is 5. The molecule has 0 saturated heterocycles. The Labute approximate surface area is 153 Å². The van der Waals surface area contributed by atoms with Crippen LogP contribution in [0.15, 0.2) is 71.2 Å². The molecule has 0 spiro atoms. The summed E-state index contributed by atoms with van der Waals surface area (Å²) in [5.74, 6) is 0.373. The first kappa shape index (κ1) is 17.4. The lowest BCUT2D eigenvalue weighted by molar-refractivity contribution is -0.384. The third-order valence-electron chi connectivity index (χ3n) is 3.52. The fourth-order valence-electron chi connectivity index (χ4n) is 2.32. The molecular weight excluding hydrogens is 356 g/mol. The Morgan fingerprint density at radius 2 is 1.81 bits per heavy atom. The minimum atomic E-state index is -0.468. The molecule has 3 aromatic rings. The van der Waals surface area contributed by atoms with Crippen molar-refractivity contribution < 1.29 is 14.1 Å². The van der Waals surface area contributed by atoms with Gasteiger partial charge in [-0.1, -0.05) is 35.9 Å². The van der Waals surface area contributed by atoms with Crippen LogP contribution in [0.25, 0.3) is 17.4 Å². The average Bonchev–Trinajstić information content (AvgIpc) is 3.11. The van der Waals surface area contributed by atoms with Crippen molar-refractivity contribution in [2.75, 3.05) is 5.32 Å². The van der Waals surface area contributed by atoms with Gasteiger partial charge in [0.15, 0.2) is 0 Å². The first-order valence-electron chi connectivity index (χ1n) is 7.62. The molecule has 0 bridgehead atoms. The van der Waals surface area contributed by atoms with E-state index in [2.05, 4.69) is 5.32 Å². The zero-order valence-electron chi connectivity index (χ0n) is 13.4. The maximum absolute atomic E-state index is 12.0. The van der Waals surface area contributed by atoms with Crippen molar-refractivity contribution in [2.24, 2.45) is 0 Å². The molecule has 2 aromatic carbocycles. The van der Waals surface area contributed by atoms with Crippen LogP contribution in [-0.4, -0.2) is 10.8 Å². The van der Waals surface area contributed by atoms with Crippen LogP contribution in [0.2, 0.25) is 5.02 Å². The van der Waals surface area contributed by atoms with E-state index < -0.39 is 4.92 Å². The molecule has 0 aliphatic rings. The Morgan fingerprint density at radius 3 is 2.58 bits per heavy atom. The number of benzene rings is 2. The van der Waals surface area contributed by atoms with E-state index in [9.17, 15) is 14.9 Å². The highest BCUT2D eigenvalue weighted by molar-refractivity contribution is 6.33. The van der Waals surface area contributed by atoms with E-state index >= 15 is 0 Å². The number of nitrogens with one attached hydrogen (secondary N) is 1. The molecule has 1 aromatic heterocycles. The number of hydrogen-bond acceptors (Lipinski definition) is 4. The molecule has 7 heteroatoms. The van der Waals surface area contributed by atoms with Crippen molar-refractivity contribution in [1.82, 2.24) is 0 Å². The number of carbonyl (C=O) groups excluding carboxylic acids is 1. The molecule has 0 atom stereocenters. The maximum atomic E-state index is 12.0. The van der Waals surface area contributed by atoms with Gasteiger partial charge in [-0.3, -0.25) is 14.9 Å². The summed E-state index contributed by atoms with van der Waals surface area (Å²) in [5.41, 5.74) is 0.829. The summed E-state index contributed by atoms with van der Waals surface area (Å²) in [4.78, 5) is 22.6. The van der Waals surface area contributed by atoms with Crippen molar-refractivity contribution in [3.8, 4) is 11.3 Å². The van der Waals surface area contributed by atoms with E-state index in [-0.39, 0.29) is 11.6 Å². The monoisotopic (exact) mass is 368 g/mol. The predicted molar refractivity (Wildman–Crippen MR) is 99.9 cm³/mol.